The molecular weight excluding hydrogens is 308 g/mol. The molecule has 0 radical (unpaired) electrons. The lowest BCUT2D eigenvalue weighted by Gasteiger charge is -2.34. The van der Waals surface area contributed by atoms with E-state index in [9.17, 15) is 14.7 Å². The quantitative estimate of drug-likeness (QED) is 0.672. The molecule has 0 spiro atoms. The number of rotatable bonds is 2. The topological polar surface area (TPSA) is 76.7 Å². The van der Waals surface area contributed by atoms with E-state index in [1.807, 2.05) is 13.8 Å². The van der Waals surface area contributed by atoms with Crippen molar-refractivity contribution in [3.8, 4) is 11.5 Å². The van der Waals surface area contributed by atoms with E-state index in [0.717, 1.165) is 0 Å². The summed E-state index contributed by atoms with van der Waals surface area (Å²) in [5.74, 6) is -0.152. The average Bonchev–Trinajstić information content (AvgIpc) is 2.44. The van der Waals surface area contributed by atoms with Crippen molar-refractivity contribution in [2.75, 3.05) is 0 Å². The monoisotopic (exact) mass is 328 g/mol. The van der Waals surface area contributed by atoms with Crippen LogP contribution in [0.2, 0.25) is 0 Å². The highest BCUT2D eigenvalue weighted by Gasteiger charge is 2.39. The van der Waals surface area contributed by atoms with Crippen molar-refractivity contribution >= 4 is 16.8 Å². The molecule has 2 aromatic rings. The van der Waals surface area contributed by atoms with Crippen LogP contribution in [0.5, 0.6) is 11.5 Å². The third-order valence-electron chi connectivity index (χ3n) is 4.40. The molecule has 5 heteroatoms. The highest BCUT2D eigenvalue weighted by molar-refractivity contribution is 6.09. The van der Waals surface area contributed by atoms with Crippen LogP contribution in [0.15, 0.2) is 34.0 Å². The summed E-state index contributed by atoms with van der Waals surface area (Å²) in [6.07, 6.45) is 1.79. The van der Waals surface area contributed by atoms with Crippen molar-refractivity contribution in [2.24, 2.45) is 0 Å². The molecule has 1 aromatic heterocycles. The number of allylic oxidation sites excluding steroid dienone is 1. The minimum atomic E-state index is -0.706. The SMILES string of the molecule is C=CC(C)(C)c1c(O)c2c(c3ccc(=O)oc13)OC(C)(C)CC2=O. The van der Waals surface area contributed by atoms with Gasteiger partial charge in [-0.3, -0.25) is 4.79 Å². The summed E-state index contributed by atoms with van der Waals surface area (Å²) in [6, 6.07) is 2.84. The van der Waals surface area contributed by atoms with Gasteiger partial charge in [0.2, 0.25) is 0 Å². The van der Waals surface area contributed by atoms with Gasteiger partial charge in [0.1, 0.15) is 28.2 Å². The predicted octanol–water partition coefficient (Wildman–Crippen LogP) is 3.71. The molecule has 24 heavy (non-hydrogen) atoms. The maximum Gasteiger partial charge on any atom is 0.336 e. The number of carbonyl (C=O) groups is 1. The minimum absolute atomic E-state index is 0.139. The van der Waals surface area contributed by atoms with Crippen molar-refractivity contribution in [3.63, 3.8) is 0 Å². The Morgan fingerprint density at radius 3 is 2.58 bits per heavy atom. The first kappa shape index (κ1) is 16.3. The molecule has 1 N–H and O–H groups in total. The molecule has 0 unspecified atom stereocenters. The Morgan fingerprint density at radius 2 is 1.96 bits per heavy atom. The molecule has 1 aliphatic heterocycles. The number of hydrogen-bond donors (Lipinski definition) is 1. The Labute approximate surface area is 139 Å². The number of fused-ring (bicyclic) bond motifs is 3. The first-order valence-corrected chi connectivity index (χ1v) is 7.76. The first-order chi connectivity index (χ1) is 11.1. The van der Waals surface area contributed by atoms with Gasteiger partial charge >= 0.3 is 5.63 Å². The third-order valence-corrected chi connectivity index (χ3v) is 4.40. The summed E-state index contributed by atoms with van der Waals surface area (Å²) < 4.78 is 11.3. The maximum atomic E-state index is 12.6. The van der Waals surface area contributed by atoms with E-state index in [2.05, 4.69) is 6.58 Å². The second-order valence-electron chi connectivity index (χ2n) is 7.31. The standard InChI is InChI=1S/C19H20O5/c1-6-18(2,3)14-15(22)13-11(20)9-19(4,5)24-16(13)10-7-8-12(21)23-17(10)14/h6-8,22H,1,9H2,2-5H3. The van der Waals surface area contributed by atoms with Crippen LogP contribution in [0.25, 0.3) is 11.0 Å². The molecule has 0 atom stereocenters. The summed E-state index contributed by atoms with van der Waals surface area (Å²) in [7, 11) is 0. The normalized spacial score (nSPS) is 16.6. The molecular formula is C19H20O5. The largest absolute Gasteiger partial charge is 0.507 e. The van der Waals surface area contributed by atoms with Crippen molar-refractivity contribution in [1.29, 1.82) is 0 Å². The van der Waals surface area contributed by atoms with Gasteiger partial charge < -0.3 is 14.3 Å². The van der Waals surface area contributed by atoms with E-state index >= 15 is 0 Å². The number of Topliss-reactive ketones (excluding diaryl/α,β-unsaturated/α-hetero) is 1. The fourth-order valence-corrected chi connectivity index (χ4v) is 3.11. The lowest BCUT2D eigenvalue weighted by molar-refractivity contribution is 0.0623. The maximum absolute atomic E-state index is 12.6. The third kappa shape index (κ3) is 2.31. The smallest absolute Gasteiger partial charge is 0.336 e. The van der Waals surface area contributed by atoms with Crippen molar-refractivity contribution < 1.29 is 19.1 Å². The Morgan fingerprint density at radius 1 is 1.29 bits per heavy atom. The van der Waals surface area contributed by atoms with Crippen LogP contribution in [-0.4, -0.2) is 16.5 Å². The summed E-state index contributed by atoms with van der Waals surface area (Å²) in [5.41, 5.74) is -1.23. The zero-order valence-electron chi connectivity index (χ0n) is 14.2. The van der Waals surface area contributed by atoms with Crippen LogP contribution >= 0.6 is 0 Å². The molecule has 0 aliphatic carbocycles. The van der Waals surface area contributed by atoms with E-state index in [1.54, 1.807) is 26.0 Å². The predicted molar refractivity (Wildman–Crippen MR) is 91.0 cm³/mol. The summed E-state index contributed by atoms with van der Waals surface area (Å²) >= 11 is 0. The molecule has 1 aliphatic rings. The molecule has 126 valence electrons. The summed E-state index contributed by atoms with van der Waals surface area (Å²) in [6.45, 7) is 11.0. The van der Waals surface area contributed by atoms with E-state index < -0.39 is 16.6 Å². The molecule has 0 saturated carbocycles. The number of benzene rings is 1. The zero-order valence-corrected chi connectivity index (χ0v) is 14.2. The van der Waals surface area contributed by atoms with Crippen molar-refractivity contribution in [1.82, 2.24) is 0 Å². The number of phenols is 1. The van der Waals surface area contributed by atoms with Gasteiger partial charge in [-0.25, -0.2) is 4.79 Å². The molecule has 0 fully saturated rings. The summed E-state index contributed by atoms with van der Waals surface area (Å²) in [5, 5.41) is 11.3. The molecule has 0 saturated heterocycles. The number of hydrogen-bond acceptors (Lipinski definition) is 5. The van der Waals surface area contributed by atoms with Gasteiger partial charge in [-0.1, -0.05) is 19.9 Å². The van der Waals surface area contributed by atoms with Gasteiger partial charge in [0.05, 0.1) is 11.8 Å². The Bertz CT molecular complexity index is 931. The van der Waals surface area contributed by atoms with Crippen LogP contribution in [0.4, 0.5) is 0 Å². The van der Waals surface area contributed by atoms with E-state index in [1.165, 1.54) is 6.07 Å². The van der Waals surface area contributed by atoms with Crippen LogP contribution < -0.4 is 10.4 Å². The highest BCUT2D eigenvalue weighted by Crippen LogP contribution is 2.49. The lowest BCUT2D eigenvalue weighted by Crippen LogP contribution is -2.36. The van der Waals surface area contributed by atoms with Gasteiger partial charge in [-0.15, -0.1) is 6.58 Å². The first-order valence-electron chi connectivity index (χ1n) is 7.76. The Balaban J connectivity index is 2.54. The molecule has 3 rings (SSSR count). The number of aromatic hydroxyl groups is 1. The molecule has 0 bridgehead atoms. The van der Waals surface area contributed by atoms with Crippen LogP contribution in [0, 0.1) is 0 Å². The Kier molecular flexibility index (Phi) is 3.37. The molecule has 5 nitrogen and oxygen atoms in total. The fourth-order valence-electron chi connectivity index (χ4n) is 3.11. The number of ketones is 1. The van der Waals surface area contributed by atoms with Gasteiger partial charge in [0.25, 0.3) is 0 Å². The zero-order chi connectivity index (χ0) is 17.9. The van der Waals surface area contributed by atoms with E-state index in [0.29, 0.717) is 10.9 Å². The summed E-state index contributed by atoms with van der Waals surface area (Å²) in [4.78, 5) is 24.4. The molecule has 1 aromatic carbocycles. The number of phenolic OH excluding ortho intramolecular Hbond substituents is 1. The second-order valence-corrected chi connectivity index (χ2v) is 7.31. The van der Waals surface area contributed by atoms with Crippen molar-refractivity contribution in [2.45, 2.75) is 45.1 Å². The van der Waals surface area contributed by atoms with Gasteiger partial charge in [0.15, 0.2) is 5.78 Å². The average molecular weight is 328 g/mol. The van der Waals surface area contributed by atoms with Crippen molar-refractivity contribution in [3.05, 3.63) is 46.3 Å². The van der Waals surface area contributed by atoms with Gasteiger partial charge in [-0.2, -0.15) is 0 Å². The van der Waals surface area contributed by atoms with Crippen LogP contribution in [0.1, 0.15) is 50.0 Å². The van der Waals surface area contributed by atoms with E-state index in [-0.39, 0.29) is 34.8 Å². The van der Waals surface area contributed by atoms with Gasteiger partial charge in [-0.05, 0) is 19.9 Å². The Hall–Kier alpha value is -2.56. The number of carbonyl (C=O) groups excluding carboxylic acids is 1. The highest BCUT2D eigenvalue weighted by atomic mass is 16.5. The second kappa shape index (κ2) is 4.97. The fraction of sp³-hybridized carbons (Fsp3) is 0.368. The lowest BCUT2D eigenvalue weighted by atomic mass is 9.80. The molecule has 0 amide bonds. The number of ether oxygens (including phenoxy) is 1. The molecule has 2 heterocycles. The minimum Gasteiger partial charge on any atom is -0.507 e. The van der Waals surface area contributed by atoms with Crippen LogP contribution in [-0.2, 0) is 5.41 Å². The van der Waals surface area contributed by atoms with E-state index in [4.69, 9.17) is 9.15 Å². The van der Waals surface area contributed by atoms with Gasteiger partial charge in [0, 0.05) is 17.0 Å². The van der Waals surface area contributed by atoms with Crippen LogP contribution in [0.3, 0.4) is 0 Å².